The van der Waals surface area contributed by atoms with Crippen molar-refractivity contribution in [2.24, 2.45) is 0 Å². The summed E-state index contributed by atoms with van der Waals surface area (Å²) in [7, 11) is 0. The van der Waals surface area contributed by atoms with Crippen molar-refractivity contribution in [3.8, 4) is 5.69 Å². The molecule has 6 heteroatoms. The predicted octanol–water partition coefficient (Wildman–Crippen LogP) is 1.55. The van der Waals surface area contributed by atoms with Gasteiger partial charge in [-0.3, -0.25) is 0 Å². The molecule has 0 radical (unpaired) electrons. The lowest BCUT2D eigenvalue weighted by Gasteiger charge is -2.05. The highest BCUT2D eigenvalue weighted by atomic mass is 19.1. The molecule has 1 aromatic heterocycles. The summed E-state index contributed by atoms with van der Waals surface area (Å²) in [6.45, 7) is 1.56. The number of halogens is 1. The van der Waals surface area contributed by atoms with Crippen LogP contribution in [0.3, 0.4) is 0 Å². The van der Waals surface area contributed by atoms with E-state index in [2.05, 4.69) is 5.10 Å². The number of aromatic nitrogens is 2. The number of rotatable bonds is 4. The van der Waals surface area contributed by atoms with E-state index in [-0.39, 0.29) is 24.5 Å². The maximum Gasteiger partial charge on any atom is 0.356 e. The van der Waals surface area contributed by atoms with Crippen LogP contribution in [-0.2, 0) is 6.42 Å². The third-order valence-electron chi connectivity index (χ3n) is 2.78. The highest BCUT2D eigenvalue weighted by Gasteiger charge is 2.16. The molecule has 0 spiro atoms. The van der Waals surface area contributed by atoms with Gasteiger partial charge in [-0.2, -0.15) is 5.10 Å². The molecule has 0 bridgehead atoms. The number of benzene rings is 1. The standard InChI is InChI=1S/C13H13FN2O3/c1-8-6-10(14)2-3-11(8)16-7-9(4-5-17)12(15-16)13(18)19/h2-3,6-7,17H,4-5H2,1H3,(H,18,19). The number of carboxylic acid groups (broad SMARTS) is 1. The molecule has 0 amide bonds. The van der Waals surface area contributed by atoms with Gasteiger partial charge in [0.05, 0.1) is 5.69 Å². The first kappa shape index (κ1) is 13.2. The molecule has 100 valence electrons. The van der Waals surface area contributed by atoms with Gasteiger partial charge in [0.2, 0.25) is 0 Å². The maximum atomic E-state index is 13.0. The Morgan fingerprint density at radius 1 is 1.47 bits per heavy atom. The molecule has 2 rings (SSSR count). The first-order valence-corrected chi connectivity index (χ1v) is 5.72. The zero-order valence-corrected chi connectivity index (χ0v) is 10.3. The van der Waals surface area contributed by atoms with Gasteiger partial charge >= 0.3 is 5.97 Å². The zero-order chi connectivity index (χ0) is 14.0. The van der Waals surface area contributed by atoms with Crippen molar-refractivity contribution in [1.29, 1.82) is 0 Å². The lowest BCUT2D eigenvalue weighted by molar-refractivity contribution is 0.0688. The van der Waals surface area contributed by atoms with E-state index >= 15 is 0 Å². The quantitative estimate of drug-likeness (QED) is 0.878. The Hall–Kier alpha value is -2.21. The Kier molecular flexibility index (Phi) is 3.62. The molecule has 0 aliphatic rings. The van der Waals surface area contributed by atoms with Gasteiger partial charge < -0.3 is 10.2 Å². The third-order valence-corrected chi connectivity index (χ3v) is 2.78. The third kappa shape index (κ3) is 2.63. The maximum absolute atomic E-state index is 13.0. The van der Waals surface area contributed by atoms with E-state index in [1.54, 1.807) is 13.1 Å². The van der Waals surface area contributed by atoms with E-state index in [0.29, 0.717) is 16.8 Å². The monoisotopic (exact) mass is 264 g/mol. The van der Waals surface area contributed by atoms with Crippen LogP contribution in [0.1, 0.15) is 21.6 Å². The Labute approximate surface area is 108 Å². The topological polar surface area (TPSA) is 75.4 Å². The molecule has 0 atom stereocenters. The molecule has 19 heavy (non-hydrogen) atoms. The lowest BCUT2D eigenvalue weighted by atomic mass is 10.2. The van der Waals surface area contributed by atoms with Crippen LogP contribution in [0.25, 0.3) is 5.69 Å². The first-order valence-electron chi connectivity index (χ1n) is 5.72. The fraction of sp³-hybridized carbons (Fsp3) is 0.231. The SMILES string of the molecule is Cc1cc(F)ccc1-n1cc(CCO)c(C(=O)O)n1. The number of aromatic carboxylic acids is 1. The molecular formula is C13H13FN2O3. The van der Waals surface area contributed by atoms with Crippen molar-refractivity contribution < 1.29 is 19.4 Å². The van der Waals surface area contributed by atoms with E-state index in [4.69, 9.17) is 10.2 Å². The van der Waals surface area contributed by atoms with Gasteiger partial charge in [-0.15, -0.1) is 0 Å². The van der Waals surface area contributed by atoms with Crippen LogP contribution < -0.4 is 0 Å². The van der Waals surface area contributed by atoms with Crippen LogP contribution in [0, 0.1) is 12.7 Å². The molecule has 0 fully saturated rings. The molecule has 1 aromatic carbocycles. The van der Waals surface area contributed by atoms with Crippen LogP contribution in [0.5, 0.6) is 0 Å². The highest BCUT2D eigenvalue weighted by molar-refractivity contribution is 5.87. The molecule has 0 saturated carbocycles. The van der Waals surface area contributed by atoms with Crippen molar-refractivity contribution in [1.82, 2.24) is 9.78 Å². The lowest BCUT2D eigenvalue weighted by Crippen LogP contribution is -2.04. The van der Waals surface area contributed by atoms with Gasteiger partial charge in [0.25, 0.3) is 0 Å². The molecule has 1 heterocycles. The second-order valence-electron chi connectivity index (χ2n) is 4.16. The molecule has 2 N–H and O–H groups in total. The highest BCUT2D eigenvalue weighted by Crippen LogP contribution is 2.17. The molecule has 0 unspecified atom stereocenters. The number of nitrogens with zero attached hydrogens (tertiary/aromatic N) is 2. The Morgan fingerprint density at radius 2 is 2.21 bits per heavy atom. The normalized spacial score (nSPS) is 10.7. The van der Waals surface area contributed by atoms with Crippen molar-refractivity contribution in [3.63, 3.8) is 0 Å². The summed E-state index contributed by atoms with van der Waals surface area (Å²) in [5, 5.41) is 21.9. The van der Waals surface area contributed by atoms with Crippen molar-refractivity contribution in [2.45, 2.75) is 13.3 Å². The fourth-order valence-corrected chi connectivity index (χ4v) is 1.89. The molecule has 2 aromatic rings. The van der Waals surface area contributed by atoms with E-state index < -0.39 is 5.97 Å². The minimum atomic E-state index is -1.15. The van der Waals surface area contributed by atoms with E-state index in [0.717, 1.165) is 0 Å². The van der Waals surface area contributed by atoms with Gasteiger partial charge in [-0.1, -0.05) is 0 Å². The largest absolute Gasteiger partial charge is 0.476 e. The summed E-state index contributed by atoms with van der Waals surface area (Å²) < 4.78 is 14.4. The Balaban J connectivity index is 2.50. The summed E-state index contributed by atoms with van der Waals surface area (Å²) in [6.07, 6.45) is 1.75. The smallest absolute Gasteiger partial charge is 0.356 e. The van der Waals surface area contributed by atoms with Crippen LogP contribution in [0.15, 0.2) is 24.4 Å². The fourth-order valence-electron chi connectivity index (χ4n) is 1.89. The van der Waals surface area contributed by atoms with Crippen LogP contribution in [0.2, 0.25) is 0 Å². The number of hydrogen-bond acceptors (Lipinski definition) is 3. The average molecular weight is 264 g/mol. The molecule has 0 aliphatic heterocycles. The van der Waals surface area contributed by atoms with Gasteiger partial charge in [0.1, 0.15) is 5.82 Å². The second kappa shape index (κ2) is 5.19. The predicted molar refractivity (Wildman–Crippen MR) is 66.0 cm³/mol. The summed E-state index contributed by atoms with van der Waals surface area (Å²) in [5.41, 5.74) is 1.60. The second-order valence-corrected chi connectivity index (χ2v) is 4.16. The average Bonchev–Trinajstić information content (AvgIpc) is 2.73. The molecule has 0 aliphatic carbocycles. The summed E-state index contributed by atoms with van der Waals surface area (Å²) in [4.78, 5) is 11.1. The zero-order valence-electron chi connectivity index (χ0n) is 10.3. The molecule has 5 nitrogen and oxygen atoms in total. The van der Waals surface area contributed by atoms with E-state index in [1.165, 1.54) is 22.9 Å². The number of hydrogen-bond donors (Lipinski definition) is 2. The van der Waals surface area contributed by atoms with Gasteiger partial charge in [0.15, 0.2) is 5.69 Å². The summed E-state index contributed by atoms with van der Waals surface area (Å²) in [6, 6.07) is 4.17. The number of aliphatic hydroxyl groups is 1. The van der Waals surface area contributed by atoms with Gasteiger partial charge in [-0.25, -0.2) is 13.9 Å². The summed E-state index contributed by atoms with van der Waals surface area (Å²) >= 11 is 0. The van der Waals surface area contributed by atoms with Crippen molar-refractivity contribution in [3.05, 3.63) is 47.0 Å². The van der Waals surface area contributed by atoms with Crippen molar-refractivity contribution >= 4 is 5.97 Å². The number of aliphatic hydroxyl groups excluding tert-OH is 1. The number of carboxylic acids is 1. The van der Waals surface area contributed by atoms with E-state index in [1.807, 2.05) is 0 Å². The number of carbonyl (C=O) groups is 1. The number of aryl methyl sites for hydroxylation is 1. The summed E-state index contributed by atoms with van der Waals surface area (Å²) in [5.74, 6) is -1.51. The first-order chi connectivity index (χ1) is 9.02. The molecular weight excluding hydrogens is 251 g/mol. The minimum Gasteiger partial charge on any atom is -0.476 e. The van der Waals surface area contributed by atoms with Gasteiger partial charge in [-0.05, 0) is 37.1 Å². The van der Waals surface area contributed by atoms with Crippen LogP contribution >= 0.6 is 0 Å². The molecule has 0 saturated heterocycles. The van der Waals surface area contributed by atoms with Gasteiger partial charge in [0, 0.05) is 18.4 Å². The van der Waals surface area contributed by atoms with E-state index in [9.17, 15) is 9.18 Å². The van der Waals surface area contributed by atoms with Crippen LogP contribution in [-0.4, -0.2) is 32.6 Å². The Bertz CT molecular complexity index is 622. The minimum absolute atomic E-state index is 0.0993. The van der Waals surface area contributed by atoms with Crippen molar-refractivity contribution in [2.75, 3.05) is 6.61 Å². The van der Waals surface area contributed by atoms with Crippen LogP contribution in [0.4, 0.5) is 4.39 Å². The Morgan fingerprint density at radius 3 is 2.79 bits per heavy atom.